The van der Waals surface area contributed by atoms with Crippen LogP contribution in [0.15, 0.2) is 4.79 Å². The lowest BCUT2D eigenvalue weighted by molar-refractivity contribution is 0.287. The molecule has 14 heavy (non-hydrogen) atoms. The van der Waals surface area contributed by atoms with Crippen LogP contribution >= 0.6 is 0 Å². The second kappa shape index (κ2) is 3.92. The quantitative estimate of drug-likeness (QED) is 0.721. The number of rotatable bonds is 3. The maximum Gasteiger partial charge on any atom is 0.254 e. The summed E-state index contributed by atoms with van der Waals surface area (Å²) < 4.78 is 0. The van der Waals surface area contributed by atoms with Crippen LogP contribution < -0.4 is 5.56 Å². The number of nitrogens with one attached hydrogen (secondary N) is 1. The van der Waals surface area contributed by atoms with Gasteiger partial charge in [0.25, 0.3) is 5.56 Å². The number of hydrogen-bond acceptors (Lipinski definition) is 3. The lowest BCUT2D eigenvalue weighted by Gasteiger charge is -2.02. The molecule has 0 saturated heterocycles. The number of aromatic amines is 1. The van der Waals surface area contributed by atoms with Gasteiger partial charge in [0.05, 0.1) is 5.69 Å². The van der Waals surface area contributed by atoms with E-state index in [0.29, 0.717) is 18.7 Å². The number of fused-ring (bicyclic) bond motifs is 1. The van der Waals surface area contributed by atoms with Gasteiger partial charge in [0.2, 0.25) is 0 Å². The van der Waals surface area contributed by atoms with Gasteiger partial charge in [-0.3, -0.25) is 4.79 Å². The Hall–Kier alpha value is -1.16. The maximum atomic E-state index is 11.5. The smallest absolute Gasteiger partial charge is 0.254 e. The van der Waals surface area contributed by atoms with E-state index in [4.69, 9.17) is 5.11 Å². The van der Waals surface area contributed by atoms with Crippen molar-refractivity contribution < 1.29 is 5.11 Å². The normalized spacial score (nSPS) is 14.4. The summed E-state index contributed by atoms with van der Waals surface area (Å²) in [5, 5.41) is 8.67. The van der Waals surface area contributed by atoms with E-state index < -0.39 is 0 Å². The Morgan fingerprint density at radius 3 is 3.07 bits per heavy atom. The highest BCUT2D eigenvalue weighted by atomic mass is 16.2. The zero-order valence-electron chi connectivity index (χ0n) is 8.05. The average molecular weight is 194 g/mol. The first-order chi connectivity index (χ1) is 6.81. The summed E-state index contributed by atoms with van der Waals surface area (Å²) in [5.41, 5.74) is 1.83. The van der Waals surface area contributed by atoms with Gasteiger partial charge in [-0.2, -0.15) is 0 Å². The fourth-order valence-electron chi connectivity index (χ4n) is 1.86. The van der Waals surface area contributed by atoms with Crippen molar-refractivity contribution in [2.75, 3.05) is 6.61 Å². The number of H-pyrrole nitrogens is 1. The number of aromatic nitrogens is 2. The third-order valence-electron chi connectivity index (χ3n) is 2.56. The minimum absolute atomic E-state index is 0.0143. The molecule has 1 heterocycles. The zero-order valence-corrected chi connectivity index (χ0v) is 8.05. The summed E-state index contributed by atoms with van der Waals surface area (Å²) in [4.78, 5) is 18.7. The largest absolute Gasteiger partial charge is 0.396 e. The Balaban J connectivity index is 2.28. The number of hydrogen-bond donors (Lipinski definition) is 2. The molecular weight excluding hydrogens is 180 g/mol. The molecule has 0 saturated carbocycles. The lowest BCUT2D eigenvalue weighted by atomic mass is 10.2. The molecule has 0 amide bonds. The van der Waals surface area contributed by atoms with Gasteiger partial charge in [-0.15, -0.1) is 0 Å². The van der Waals surface area contributed by atoms with Crippen molar-refractivity contribution in [1.29, 1.82) is 0 Å². The Morgan fingerprint density at radius 2 is 2.29 bits per heavy atom. The van der Waals surface area contributed by atoms with Crippen LogP contribution in [0.5, 0.6) is 0 Å². The minimum Gasteiger partial charge on any atom is -0.396 e. The van der Waals surface area contributed by atoms with Crippen LogP contribution in [0.25, 0.3) is 0 Å². The van der Waals surface area contributed by atoms with Gasteiger partial charge in [-0.25, -0.2) is 4.98 Å². The fourth-order valence-corrected chi connectivity index (χ4v) is 1.86. The second-order valence-corrected chi connectivity index (χ2v) is 3.62. The van der Waals surface area contributed by atoms with E-state index in [0.717, 1.165) is 30.5 Å². The molecule has 1 aliphatic carbocycles. The molecule has 0 fully saturated rings. The van der Waals surface area contributed by atoms with Crippen LogP contribution in [0.2, 0.25) is 0 Å². The molecular formula is C10H14N2O2. The molecule has 0 spiro atoms. The molecule has 0 aliphatic heterocycles. The summed E-state index contributed by atoms with van der Waals surface area (Å²) in [6, 6.07) is 0. The van der Waals surface area contributed by atoms with Gasteiger partial charge in [0, 0.05) is 18.6 Å². The van der Waals surface area contributed by atoms with E-state index >= 15 is 0 Å². The summed E-state index contributed by atoms with van der Waals surface area (Å²) in [7, 11) is 0. The molecule has 1 aliphatic rings. The summed E-state index contributed by atoms with van der Waals surface area (Å²) in [6.07, 6.45) is 4.12. The van der Waals surface area contributed by atoms with E-state index in [-0.39, 0.29) is 12.2 Å². The standard InChI is InChI=1S/C10H14N2O2/c13-6-2-5-9-11-8-4-1-3-7(8)10(14)12-9/h13H,1-6H2,(H,11,12,14). The van der Waals surface area contributed by atoms with E-state index in [1.54, 1.807) is 0 Å². The van der Waals surface area contributed by atoms with Crippen molar-refractivity contribution in [3.05, 3.63) is 27.4 Å². The summed E-state index contributed by atoms with van der Waals surface area (Å²) >= 11 is 0. The van der Waals surface area contributed by atoms with Gasteiger partial charge in [0.1, 0.15) is 5.82 Å². The Labute approximate surface area is 82.0 Å². The van der Waals surface area contributed by atoms with Crippen LogP contribution in [0.1, 0.15) is 29.9 Å². The van der Waals surface area contributed by atoms with Crippen molar-refractivity contribution in [2.24, 2.45) is 0 Å². The first-order valence-corrected chi connectivity index (χ1v) is 5.03. The summed E-state index contributed by atoms with van der Waals surface area (Å²) in [5.74, 6) is 0.713. The first kappa shape index (κ1) is 9.40. The van der Waals surface area contributed by atoms with Crippen molar-refractivity contribution in [2.45, 2.75) is 32.1 Å². The van der Waals surface area contributed by atoms with Crippen LogP contribution in [-0.4, -0.2) is 21.7 Å². The topological polar surface area (TPSA) is 66.0 Å². The van der Waals surface area contributed by atoms with E-state index in [1.807, 2.05) is 0 Å². The fraction of sp³-hybridized carbons (Fsp3) is 0.600. The van der Waals surface area contributed by atoms with Crippen molar-refractivity contribution in [3.63, 3.8) is 0 Å². The third kappa shape index (κ3) is 1.70. The van der Waals surface area contributed by atoms with Crippen molar-refractivity contribution in [1.82, 2.24) is 9.97 Å². The van der Waals surface area contributed by atoms with Crippen molar-refractivity contribution >= 4 is 0 Å². The number of nitrogens with zero attached hydrogens (tertiary/aromatic N) is 1. The van der Waals surface area contributed by atoms with Crippen LogP contribution in [-0.2, 0) is 19.3 Å². The third-order valence-corrected chi connectivity index (χ3v) is 2.56. The van der Waals surface area contributed by atoms with E-state index in [1.165, 1.54) is 0 Å². The molecule has 2 N–H and O–H groups in total. The van der Waals surface area contributed by atoms with Gasteiger partial charge in [0.15, 0.2) is 0 Å². The van der Waals surface area contributed by atoms with Gasteiger partial charge < -0.3 is 10.1 Å². The molecule has 4 heteroatoms. The molecule has 0 aromatic carbocycles. The summed E-state index contributed by atoms with van der Waals surface area (Å²) in [6.45, 7) is 0.140. The maximum absolute atomic E-state index is 11.5. The van der Waals surface area contributed by atoms with Gasteiger partial charge >= 0.3 is 0 Å². The predicted octanol–water partition coefficient (Wildman–Crippen LogP) is 0.183. The molecule has 2 rings (SSSR count). The van der Waals surface area contributed by atoms with Gasteiger partial charge in [-0.05, 0) is 25.7 Å². The highest BCUT2D eigenvalue weighted by Crippen LogP contribution is 2.15. The minimum atomic E-state index is 0.0143. The Morgan fingerprint density at radius 1 is 1.43 bits per heavy atom. The highest BCUT2D eigenvalue weighted by Gasteiger charge is 2.16. The SMILES string of the molecule is O=c1[nH]c(CCCO)nc2c1CCC2. The molecule has 0 atom stereocenters. The highest BCUT2D eigenvalue weighted by molar-refractivity contribution is 5.22. The van der Waals surface area contributed by atoms with Gasteiger partial charge in [-0.1, -0.05) is 0 Å². The number of aryl methyl sites for hydroxylation is 2. The zero-order chi connectivity index (χ0) is 9.97. The van der Waals surface area contributed by atoms with Crippen LogP contribution in [0.3, 0.4) is 0 Å². The van der Waals surface area contributed by atoms with Crippen LogP contribution in [0, 0.1) is 0 Å². The van der Waals surface area contributed by atoms with Crippen LogP contribution in [0.4, 0.5) is 0 Å². The monoisotopic (exact) mass is 194 g/mol. The van der Waals surface area contributed by atoms with E-state index in [2.05, 4.69) is 9.97 Å². The average Bonchev–Trinajstić information content (AvgIpc) is 2.63. The molecule has 1 aromatic rings. The number of aliphatic hydroxyl groups is 1. The molecule has 1 aromatic heterocycles. The predicted molar refractivity (Wildman–Crippen MR) is 52.3 cm³/mol. The molecule has 76 valence electrons. The number of aliphatic hydroxyl groups excluding tert-OH is 1. The molecule has 0 bridgehead atoms. The Kier molecular flexibility index (Phi) is 2.63. The lowest BCUT2D eigenvalue weighted by Crippen LogP contribution is -2.17. The first-order valence-electron chi connectivity index (χ1n) is 5.03. The second-order valence-electron chi connectivity index (χ2n) is 3.62. The molecule has 4 nitrogen and oxygen atoms in total. The molecule has 0 unspecified atom stereocenters. The Bertz CT molecular complexity index is 384. The van der Waals surface area contributed by atoms with Crippen molar-refractivity contribution in [3.8, 4) is 0 Å². The van der Waals surface area contributed by atoms with E-state index in [9.17, 15) is 4.79 Å². The molecule has 0 radical (unpaired) electrons.